The van der Waals surface area contributed by atoms with Crippen molar-refractivity contribution >= 4 is 5.91 Å². The molecule has 0 aliphatic heterocycles. The number of methoxy groups -OCH3 is 1. The van der Waals surface area contributed by atoms with Gasteiger partial charge in [0.2, 0.25) is 5.91 Å². The van der Waals surface area contributed by atoms with Crippen molar-refractivity contribution in [2.45, 2.75) is 58.4 Å². The molecule has 0 aromatic carbocycles. The Morgan fingerprint density at radius 1 is 1.47 bits per heavy atom. The van der Waals surface area contributed by atoms with Crippen LogP contribution < -0.4 is 11.1 Å². The number of nitrogens with one attached hydrogen (secondary N) is 1. The molecular weight excluding hydrogens is 240 g/mol. The van der Waals surface area contributed by atoms with Crippen LogP contribution >= 0.6 is 0 Å². The lowest BCUT2D eigenvalue weighted by Gasteiger charge is -2.38. The first-order valence-electron chi connectivity index (χ1n) is 7.58. The summed E-state index contributed by atoms with van der Waals surface area (Å²) in [4.78, 5) is 12.6. The topological polar surface area (TPSA) is 64.3 Å². The number of ether oxygens (including phenoxy) is 1. The lowest BCUT2D eigenvalue weighted by atomic mass is 9.70. The molecule has 1 aliphatic carbocycles. The fourth-order valence-electron chi connectivity index (χ4n) is 2.92. The molecule has 1 atom stereocenters. The summed E-state index contributed by atoms with van der Waals surface area (Å²) >= 11 is 0. The van der Waals surface area contributed by atoms with Crippen LogP contribution in [0.4, 0.5) is 0 Å². The Bertz CT molecular complexity index is 267. The Labute approximate surface area is 117 Å². The van der Waals surface area contributed by atoms with E-state index in [4.69, 9.17) is 10.5 Å². The molecule has 19 heavy (non-hydrogen) atoms. The molecule has 1 saturated carbocycles. The van der Waals surface area contributed by atoms with Gasteiger partial charge in [0.25, 0.3) is 0 Å². The highest BCUT2D eigenvalue weighted by Crippen LogP contribution is 2.38. The van der Waals surface area contributed by atoms with E-state index in [-0.39, 0.29) is 17.4 Å². The molecule has 0 bridgehead atoms. The number of nitrogens with two attached hydrogens (primary N) is 1. The van der Waals surface area contributed by atoms with Gasteiger partial charge in [-0.25, -0.2) is 0 Å². The zero-order valence-electron chi connectivity index (χ0n) is 12.7. The molecule has 1 rings (SSSR count). The molecule has 1 amide bonds. The van der Waals surface area contributed by atoms with Gasteiger partial charge >= 0.3 is 0 Å². The molecule has 0 radical (unpaired) electrons. The number of carbonyl (C=O) groups excluding carboxylic acids is 1. The lowest BCUT2D eigenvalue weighted by molar-refractivity contribution is -0.134. The normalized spacial score (nSPS) is 28.9. The van der Waals surface area contributed by atoms with Crippen molar-refractivity contribution in [2.75, 3.05) is 20.3 Å². The van der Waals surface area contributed by atoms with Crippen LogP contribution in [0.25, 0.3) is 0 Å². The van der Waals surface area contributed by atoms with Gasteiger partial charge in [0.1, 0.15) is 0 Å². The van der Waals surface area contributed by atoms with Crippen molar-refractivity contribution in [1.82, 2.24) is 5.32 Å². The number of hydrogen-bond acceptors (Lipinski definition) is 3. The van der Waals surface area contributed by atoms with E-state index in [1.165, 1.54) is 0 Å². The van der Waals surface area contributed by atoms with Crippen molar-refractivity contribution in [3.05, 3.63) is 0 Å². The zero-order chi connectivity index (χ0) is 14.3. The Balaban J connectivity index is 2.62. The molecule has 0 aromatic rings. The van der Waals surface area contributed by atoms with Gasteiger partial charge < -0.3 is 15.8 Å². The van der Waals surface area contributed by atoms with E-state index in [9.17, 15) is 4.79 Å². The van der Waals surface area contributed by atoms with Crippen LogP contribution in [-0.2, 0) is 9.53 Å². The molecule has 1 unspecified atom stereocenters. The summed E-state index contributed by atoms with van der Waals surface area (Å²) in [5.74, 6) is 0.857. The van der Waals surface area contributed by atoms with E-state index < -0.39 is 0 Å². The first-order valence-corrected chi connectivity index (χ1v) is 7.58. The van der Waals surface area contributed by atoms with Crippen LogP contribution in [0.2, 0.25) is 0 Å². The van der Waals surface area contributed by atoms with Gasteiger partial charge in [-0.2, -0.15) is 0 Å². The highest BCUT2D eigenvalue weighted by atomic mass is 16.5. The molecule has 0 aromatic heterocycles. The third kappa shape index (κ3) is 4.46. The predicted octanol–water partition coefficient (Wildman–Crippen LogP) is 2.07. The molecule has 0 heterocycles. The summed E-state index contributed by atoms with van der Waals surface area (Å²) in [6.45, 7) is 5.41. The Morgan fingerprint density at radius 3 is 2.58 bits per heavy atom. The van der Waals surface area contributed by atoms with Crippen molar-refractivity contribution in [2.24, 2.45) is 17.1 Å². The van der Waals surface area contributed by atoms with Crippen LogP contribution in [0.15, 0.2) is 0 Å². The number of carbonyl (C=O) groups is 1. The average molecular weight is 270 g/mol. The van der Waals surface area contributed by atoms with Gasteiger partial charge in [0.05, 0.1) is 18.1 Å². The SMILES string of the molecule is CCCC(COC)NC(=O)C1(CN)CCC(C)CC1. The van der Waals surface area contributed by atoms with Crippen LogP contribution in [0.5, 0.6) is 0 Å². The minimum absolute atomic E-state index is 0.116. The largest absolute Gasteiger partial charge is 0.383 e. The second-order valence-electron chi connectivity index (χ2n) is 6.08. The maximum atomic E-state index is 12.6. The maximum Gasteiger partial charge on any atom is 0.227 e. The molecule has 112 valence electrons. The van der Waals surface area contributed by atoms with Crippen LogP contribution in [0.1, 0.15) is 52.4 Å². The number of rotatable bonds is 7. The minimum atomic E-state index is -0.341. The summed E-state index contributed by atoms with van der Waals surface area (Å²) in [6, 6.07) is 0.116. The summed E-state index contributed by atoms with van der Waals surface area (Å²) in [7, 11) is 1.68. The molecule has 4 nitrogen and oxygen atoms in total. The maximum absolute atomic E-state index is 12.6. The van der Waals surface area contributed by atoms with Crippen LogP contribution in [-0.4, -0.2) is 32.2 Å². The first-order chi connectivity index (χ1) is 9.07. The van der Waals surface area contributed by atoms with Gasteiger partial charge in [0.15, 0.2) is 0 Å². The van der Waals surface area contributed by atoms with Crippen molar-refractivity contribution in [1.29, 1.82) is 0 Å². The zero-order valence-corrected chi connectivity index (χ0v) is 12.7. The van der Waals surface area contributed by atoms with Gasteiger partial charge in [-0.1, -0.05) is 20.3 Å². The summed E-state index contributed by atoms with van der Waals surface area (Å²) in [5.41, 5.74) is 5.58. The highest BCUT2D eigenvalue weighted by molar-refractivity contribution is 5.83. The fraction of sp³-hybridized carbons (Fsp3) is 0.933. The van der Waals surface area contributed by atoms with Crippen LogP contribution in [0.3, 0.4) is 0 Å². The second-order valence-corrected chi connectivity index (χ2v) is 6.08. The van der Waals surface area contributed by atoms with E-state index in [0.29, 0.717) is 13.2 Å². The van der Waals surface area contributed by atoms with Crippen molar-refractivity contribution in [3.8, 4) is 0 Å². The third-order valence-electron chi connectivity index (χ3n) is 4.44. The highest BCUT2D eigenvalue weighted by Gasteiger charge is 2.40. The van der Waals surface area contributed by atoms with Gasteiger partial charge in [-0.3, -0.25) is 4.79 Å². The van der Waals surface area contributed by atoms with E-state index in [0.717, 1.165) is 44.4 Å². The fourth-order valence-corrected chi connectivity index (χ4v) is 2.92. The minimum Gasteiger partial charge on any atom is -0.383 e. The van der Waals surface area contributed by atoms with Gasteiger partial charge in [-0.15, -0.1) is 0 Å². The Kier molecular flexibility index (Phi) is 6.80. The molecule has 3 N–H and O–H groups in total. The first kappa shape index (κ1) is 16.4. The molecule has 0 spiro atoms. The van der Waals surface area contributed by atoms with E-state index in [1.807, 2.05) is 0 Å². The Hall–Kier alpha value is -0.610. The summed E-state index contributed by atoms with van der Waals surface area (Å²) in [6.07, 6.45) is 6.04. The average Bonchev–Trinajstić information content (AvgIpc) is 2.40. The van der Waals surface area contributed by atoms with E-state index >= 15 is 0 Å². The van der Waals surface area contributed by atoms with Crippen LogP contribution in [0, 0.1) is 11.3 Å². The van der Waals surface area contributed by atoms with Crippen molar-refractivity contribution in [3.63, 3.8) is 0 Å². The smallest absolute Gasteiger partial charge is 0.227 e. The molecule has 0 saturated heterocycles. The van der Waals surface area contributed by atoms with E-state index in [1.54, 1.807) is 7.11 Å². The van der Waals surface area contributed by atoms with Gasteiger partial charge in [-0.05, 0) is 38.0 Å². The Morgan fingerprint density at radius 2 is 2.11 bits per heavy atom. The van der Waals surface area contributed by atoms with Gasteiger partial charge in [0, 0.05) is 13.7 Å². The second kappa shape index (κ2) is 7.85. The summed E-state index contributed by atoms with van der Waals surface area (Å²) in [5, 5.41) is 3.15. The monoisotopic (exact) mass is 270 g/mol. The molecular formula is C15H30N2O2. The molecule has 1 aliphatic rings. The third-order valence-corrected chi connectivity index (χ3v) is 4.44. The summed E-state index contributed by atoms with van der Waals surface area (Å²) < 4.78 is 5.18. The van der Waals surface area contributed by atoms with E-state index in [2.05, 4.69) is 19.2 Å². The lowest BCUT2D eigenvalue weighted by Crippen LogP contribution is -2.51. The molecule has 1 fully saturated rings. The number of amides is 1. The number of hydrogen-bond donors (Lipinski definition) is 2. The van der Waals surface area contributed by atoms with Crippen molar-refractivity contribution < 1.29 is 9.53 Å². The predicted molar refractivity (Wildman–Crippen MR) is 77.8 cm³/mol. The standard InChI is InChI=1S/C15H30N2O2/c1-4-5-13(10-19-3)17-14(18)15(11-16)8-6-12(2)7-9-15/h12-13H,4-11,16H2,1-3H3,(H,17,18). The molecule has 4 heteroatoms. The quantitative estimate of drug-likeness (QED) is 0.744.